The van der Waals surface area contributed by atoms with E-state index in [4.69, 9.17) is 22.1 Å². The summed E-state index contributed by atoms with van der Waals surface area (Å²) in [4.78, 5) is 15.6. The van der Waals surface area contributed by atoms with Crippen LogP contribution in [0, 0.1) is 6.92 Å². The topological polar surface area (TPSA) is 47.4 Å². The van der Waals surface area contributed by atoms with Gasteiger partial charge in [0.1, 0.15) is 10.1 Å². The fourth-order valence-corrected chi connectivity index (χ4v) is 5.21. The molecule has 1 saturated heterocycles. The van der Waals surface area contributed by atoms with Gasteiger partial charge in [-0.3, -0.25) is 9.69 Å². The number of amides is 1. The lowest BCUT2D eigenvalue weighted by Gasteiger charge is -2.14. The van der Waals surface area contributed by atoms with Crippen molar-refractivity contribution in [2.24, 2.45) is 0 Å². The Kier molecular flexibility index (Phi) is 7.02. The molecule has 36 heavy (non-hydrogen) atoms. The van der Waals surface area contributed by atoms with Crippen LogP contribution in [-0.4, -0.2) is 31.5 Å². The predicted molar refractivity (Wildman–Crippen MR) is 150 cm³/mol. The van der Waals surface area contributed by atoms with E-state index in [0.717, 1.165) is 33.8 Å². The van der Waals surface area contributed by atoms with Gasteiger partial charge in [0.2, 0.25) is 0 Å². The van der Waals surface area contributed by atoms with Crippen molar-refractivity contribution >= 4 is 40.3 Å². The SMILES string of the molecule is CCOc1ccc(-c2nn(-c3ccccc3)cc2/C=C2\SC(=S)N(Cc3ccc(C)cc3)C2=O)cc1. The van der Waals surface area contributed by atoms with E-state index in [2.05, 4.69) is 0 Å². The van der Waals surface area contributed by atoms with Crippen LogP contribution < -0.4 is 4.74 Å². The van der Waals surface area contributed by atoms with Crippen LogP contribution in [0.2, 0.25) is 0 Å². The van der Waals surface area contributed by atoms with E-state index in [1.165, 1.54) is 17.3 Å². The van der Waals surface area contributed by atoms with Gasteiger partial charge in [-0.15, -0.1) is 0 Å². The Balaban J connectivity index is 1.50. The summed E-state index contributed by atoms with van der Waals surface area (Å²) in [6.45, 7) is 5.07. The molecule has 5 rings (SSSR count). The lowest BCUT2D eigenvalue weighted by Crippen LogP contribution is -2.27. The standard InChI is InChI=1S/C29H25N3O2S2/c1-3-34-25-15-13-22(14-16-25)27-23(19-32(30-27)24-7-5-4-6-8-24)17-26-28(33)31(29(35)36-26)18-21-11-9-20(2)10-12-21/h4-17,19H,3,18H2,1-2H3/b26-17-. The molecule has 1 amide bonds. The number of aryl methyl sites for hydroxylation is 1. The van der Waals surface area contributed by atoms with Gasteiger partial charge in [0.25, 0.3) is 5.91 Å². The number of aromatic nitrogens is 2. The van der Waals surface area contributed by atoms with Gasteiger partial charge >= 0.3 is 0 Å². The fraction of sp³-hybridized carbons (Fsp3) is 0.138. The van der Waals surface area contributed by atoms with Gasteiger partial charge in [0, 0.05) is 17.3 Å². The van der Waals surface area contributed by atoms with Crippen LogP contribution in [-0.2, 0) is 11.3 Å². The first-order valence-corrected chi connectivity index (χ1v) is 12.9. The molecule has 0 bridgehead atoms. The third-order valence-corrected chi connectivity index (χ3v) is 7.20. The maximum absolute atomic E-state index is 13.3. The van der Waals surface area contributed by atoms with Crippen molar-refractivity contribution in [2.45, 2.75) is 20.4 Å². The Bertz CT molecular complexity index is 1430. The molecule has 1 aliphatic heterocycles. The molecule has 180 valence electrons. The Morgan fingerprint density at radius 2 is 1.72 bits per heavy atom. The van der Waals surface area contributed by atoms with Gasteiger partial charge in [-0.1, -0.05) is 72.0 Å². The number of ether oxygens (including phenoxy) is 1. The van der Waals surface area contributed by atoms with Crippen molar-refractivity contribution in [1.82, 2.24) is 14.7 Å². The highest BCUT2D eigenvalue weighted by Crippen LogP contribution is 2.36. The molecule has 1 aliphatic rings. The lowest BCUT2D eigenvalue weighted by molar-refractivity contribution is -0.122. The molecule has 0 radical (unpaired) electrons. The van der Waals surface area contributed by atoms with Crippen LogP contribution in [0.25, 0.3) is 23.0 Å². The number of thiocarbonyl (C=S) groups is 1. The molecule has 4 aromatic rings. The molecule has 5 nitrogen and oxygen atoms in total. The minimum atomic E-state index is -0.0873. The molecule has 0 aliphatic carbocycles. The number of nitrogens with zero attached hydrogens (tertiary/aromatic N) is 3. The van der Waals surface area contributed by atoms with Crippen molar-refractivity contribution in [3.63, 3.8) is 0 Å². The first kappa shape index (κ1) is 24.0. The molecule has 0 spiro atoms. The molecule has 0 N–H and O–H groups in total. The zero-order valence-corrected chi connectivity index (χ0v) is 21.7. The van der Waals surface area contributed by atoms with Crippen LogP contribution in [0.4, 0.5) is 0 Å². The largest absolute Gasteiger partial charge is 0.494 e. The average molecular weight is 512 g/mol. The third-order valence-electron chi connectivity index (χ3n) is 5.82. The lowest BCUT2D eigenvalue weighted by atomic mass is 10.1. The van der Waals surface area contributed by atoms with Crippen molar-refractivity contribution < 1.29 is 9.53 Å². The zero-order chi connectivity index (χ0) is 25.1. The van der Waals surface area contributed by atoms with E-state index in [-0.39, 0.29) is 5.91 Å². The summed E-state index contributed by atoms with van der Waals surface area (Å²) < 4.78 is 7.99. The van der Waals surface area contributed by atoms with E-state index in [9.17, 15) is 4.79 Å². The monoisotopic (exact) mass is 511 g/mol. The van der Waals surface area contributed by atoms with E-state index in [1.54, 1.807) is 4.90 Å². The van der Waals surface area contributed by atoms with Crippen LogP contribution in [0.15, 0.2) is 90.0 Å². The summed E-state index contributed by atoms with van der Waals surface area (Å²) in [5, 5.41) is 4.87. The van der Waals surface area contributed by atoms with E-state index >= 15 is 0 Å². The molecule has 7 heteroatoms. The van der Waals surface area contributed by atoms with Gasteiger partial charge < -0.3 is 4.74 Å². The van der Waals surface area contributed by atoms with Gasteiger partial charge in [-0.2, -0.15) is 5.10 Å². The number of benzene rings is 3. The number of para-hydroxylation sites is 1. The van der Waals surface area contributed by atoms with E-state index < -0.39 is 0 Å². The summed E-state index contributed by atoms with van der Waals surface area (Å²) >= 11 is 6.90. The molecular weight excluding hydrogens is 486 g/mol. The summed E-state index contributed by atoms with van der Waals surface area (Å²) in [5.74, 6) is 0.720. The highest BCUT2D eigenvalue weighted by molar-refractivity contribution is 8.26. The normalized spacial score (nSPS) is 14.6. The van der Waals surface area contributed by atoms with Gasteiger partial charge in [0.05, 0.1) is 29.4 Å². The number of carbonyl (C=O) groups is 1. The molecule has 1 aromatic heterocycles. The highest BCUT2D eigenvalue weighted by Gasteiger charge is 2.32. The third kappa shape index (κ3) is 5.12. The maximum atomic E-state index is 13.3. The summed E-state index contributed by atoms with van der Waals surface area (Å²) in [6, 6.07) is 25.9. The van der Waals surface area contributed by atoms with E-state index in [0.29, 0.717) is 22.4 Å². The minimum absolute atomic E-state index is 0.0873. The van der Waals surface area contributed by atoms with Crippen LogP contribution in [0.1, 0.15) is 23.6 Å². The molecular formula is C29H25N3O2S2. The summed E-state index contributed by atoms with van der Waals surface area (Å²) in [6.07, 6.45) is 3.85. The van der Waals surface area contributed by atoms with Gasteiger partial charge in [-0.25, -0.2) is 4.68 Å². The second kappa shape index (κ2) is 10.5. The molecule has 0 unspecified atom stereocenters. The van der Waals surface area contributed by atoms with Gasteiger partial charge in [-0.05, 0) is 61.9 Å². The van der Waals surface area contributed by atoms with Gasteiger partial charge in [0.15, 0.2) is 0 Å². The quantitative estimate of drug-likeness (QED) is 0.205. The minimum Gasteiger partial charge on any atom is -0.494 e. The number of rotatable bonds is 7. The molecule has 3 aromatic carbocycles. The van der Waals surface area contributed by atoms with Crippen LogP contribution in [0.3, 0.4) is 0 Å². The number of carbonyl (C=O) groups excluding carboxylic acids is 1. The zero-order valence-electron chi connectivity index (χ0n) is 20.0. The average Bonchev–Trinajstić information content (AvgIpc) is 3.43. The Hall–Kier alpha value is -3.68. The number of hydrogen-bond donors (Lipinski definition) is 0. The van der Waals surface area contributed by atoms with Crippen LogP contribution >= 0.6 is 24.0 Å². The van der Waals surface area contributed by atoms with Crippen LogP contribution in [0.5, 0.6) is 5.75 Å². The van der Waals surface area contributed by atoms with E-state index in [1.807, 2.05) is 110 Å². The Labute approximate surface area is 220 Å². The summed E-state index contributed by atoms with van der Waals surface area (Å²) in [7, 11) is 0. The Morgan fingerprint density at radius 3 is 2.42 bits per heavy atom. The molecule has 1 fully saturated rings. The highest BCUT2D eigenvalue weighted by atomic mass is 32.2. The second-order valence-corrected chi connectivity index (χ2v) is 10.1. The first-order chi connectivity index (χ1) is 17.5. The molecule has 0 saturated carbocycles. The number of thioether (sulfide) groups is 1. The second-order valence-electron chi connectivity index (χ2n) is 8.42. The van der Waals surface area contributed by atoms with Crippen molar-refractivity contribution in [3.05, 3.63) is 107 Å². The maximum Gasteiger partial charge on any atom is 0.266 e. The Morgan fingerprint density at radius 1 is 1.00 bits per heavy atom. The van der Waals surface area contributed by atoms with Crippen molar-refractivity contribution in [2.75, 3.05) is 6.61 Å². The predicted octanol–water partition coefficient (Wildman–Crippen LogP) is 6.65. The fourth-order valence-electron chi connectivity index (χ4n) is 3.96. The molecule has 0 atom stereocenters. The van der Waals surface area contributed by atoms with Crippen molar-refractivity contribution in [3.8, 4) is 22.7 Å². The summed E-state index contributed by atoms with van der Waals surface area (Å²) in [5.41, 5.74) is 5.74. The molecule has 2 heterocycles. The van der Waals surface area contributed by atoms with Crippen molar-refractivity contribution in [1.29, 1.82) is 0 Å². The first-order valence-electron chi connectivity index (χ1n) is 11.7. The number of hydrogen-bond acceptors (Lipinski definition) is 5. The smallest absolute Gasteiger partial charge is 0.266 e.